The van der Waals surface area contributed by atoms with Crippen LogP contribution in [0.15, 0.2) is 42.5 Å². The summed E-state index contributed by atoms with van der Waals surface area (Å²) in [5, 5.41) is 3.95. The normalized spacial score (nSPS) is 25.5. The molecule has 0 radical (unpaired) electrons. The van der Waals surface area contributed by atoms with Gasteiger partial charge in [0, 0.05) is 50.7 Å². The van der Waals surface area contributed by atoms with E-state index < -0.39 is 11.8 Å². The van der Waals surface area contributed by atoms with Crippen LogP contribution in [-0.2, 0) is 22.6 Å². The summed E-state index contributed by atoms with van der Waals surface area (Å²) in [6, 6.07) is 12.8. The summed E-state index contributed by atoms with van der Waals surface area (Å²) < 4.78 is 5.89. The maximum atomic E-state index is 14.0. The Hall–Kier alpha value is -2.85. The van der Waals surface area contributed by atoms with Crippen molar-refractivity contribution in [3.63, 3.8) is 0 Å². The molecule has 0 unspecified atom stereocenters. The highest BCUT2D eigenvalue weighted by Crippen LogP contribution is 2.42. The number of hydrogen-bond donors (Lipinski definition) is 1. The highest BCUT2D eigenvalue weighted by molar-refractivity contribution is 6.42. The van der Waals surface area contributed by atoms with Gasteiger partial charge in [-0.25, -0.2) is 9.59 Å². The second-order valence-electron chi connectivity index (χ2n) is 13.5. The number of urea groups is 1. The number of piperidine rings is 3. The molecule has 9 nitrogen and oxygen atoms in total. The number of likely N-dealkylation sites (tertiary alicyclic amines) is 3. The van der Waals surface area contributed by atoms with Gasteiger partial charge < -0.3 is 24.6 Å². The molecule has 0 aliphatic carbocycles. The predicted octanol–water partition coefficient (Wildman–Crippen LogP) is 6.52. The molecule has 2 aromatic rings. The van der Waals surface area contributed by atoms with Gasteiger partial charge in [0.15, 0.2) is 0 Å². The largest absolute Gasteiger partial charge is 0.444 e. The van der Waals surface area contributed by atoms with Gasteiger partial charge in [-0.3, -0.25) is 9.80 Å². The molecular formula is C35H45Cl2N5O4. The Balaban J connectivity index is 1.23. The average molecular weight is 671 g/mol. The number of anilines is 1. The van der Waals surface area contributed by atoms with Gasteiger partial charge >= 0.3 is 12.1 Å². The highest BCUT2D eigenvalue weighted by Gasteiger charge is 2.52. The Morgan fingerprint density at radius 1 is 0.957 bits per heavy atom. The van der Waals surface area contributed by atoms with E-state index in [2.05, 4.69) is 28.2 Å². The first kappa shape index (κ1) is 33.1. The lowest BCUT2D eigenvalue weighted by atomic mass is 9.77. The quantitative estimate of drug-likeness (QED) is 0.338. The molecule has 0 bridgehead atoms. The molecule has 11 heteroatoms. The molecule has 4 aliphatic rings. The summed E-state index contributed by atoms with van der Waals surface area (Å²) in [4.78, 5) is 48.5. The van der Waals surface area contributed by atoms with Crippen molar-refractivity contribution in [2.24, 2.45) is 11.8 Å². The molecule has 3 amide bonds. The number of rotatable bonds is 7. The molecule has 4 aliphatic heterocycles. The number of para-hydroxylation sites is 1. The summed E-state index contributed by atoms with van der Waals surface area (Å²) in [6.45, 7) is 4.87. The van der Waals surface area contributed by atoms with Gasteiger partial charge in [-0.15, -0.1) is 0 Å². The summed E-state index contributed by atoms with van der Waals surface area (Å²) in [7, 11) is 2.19. The molecule has 4 heterocycles. The number of fused-ring (bicyclic) bond motifs is 1. The van der Waals surface area contributed by atoms with Gasteiger partial charge in [0.05, 0.1) is 10.0 Å². The smallest absolute Gasteiger partial charge is 0.411 e. The van der Waals surface area contributed by atoms with Crippen LogP contribution in [0.5, 0.6) is 0 Å². The van der Waals surface area contributed by atoms with Crippen molar-refractivity contribution in [2.75, 3.05) is 51.6 Å². The topological polar surface area (TPSA) is 85.4 Å². The van der Waals surface area contributed by atoms with Crippen molar-refractivity contribution in [3.8, 4) is 0 Å². The summed E-state index contributed by atoms with van der Waals surface area (Å²) in [5.74, 6) is 1.36. The Kier molecular flexibility index (Phi) is 10.4. The summed E-state index contributed by atoms with van der Waals surface area (Å²) >= 11 is 12.3. The molecule has 0 spiro atoms. The molecule has 1 N–H and O–H groups in total. The zero-order valence-corrected chi connectivity index (χ0v) is 28.1. The van der Waals surface area contributed by atoms with Crippen LogP contribution >= 0.6 is 23.2 Å². The Labute approximate surface area is 282 Å². The standard InChI is InChI=1S/C35H45Cl2N5O4/c1-39-15-8-26(9-16-39)27-10-17-40(18-11-27)35(14-21-43)23-29(41-19-12-28-4-2-3-5-32(28)38-33(41)44)13-20-42(35)34(45)46-24-25-6-7-30(36)31(37)22-25/h2-7,21-22,26-27,29H,8-20,23-24H2,1H3,(H,38,44)/t29-,35+/m1/s1. The van der Waals surface area contributed by atoms with Crippen LogP contribution in [0.25, 0.3) is 0 Å². The zero-order valence-electron chi connectivity index (χ0n) is 26.6. The fourth-order valence-electron chi connectivity index (χ4n) is 8.24. The minimum absolute atomic E-state index is 0.0395. The molecule has 6 rings (SSSR count). The third kappa shape index (κ3) is 7.03. The van der Waals surface area contributed by atoms with Crippen LogP contribution in [0.3, 0.4) is 0 Å². The van der Waals surface area contributed by atoms with Gasteiger partial charge in [0.2, 0.25) is 0 Å². The van der Waals surface area contributed by atoms with Crippen LogP contribution < -0.4 is 5.32 Å². The van der Waals surface area contributed by atoms with Gasteiger partial charge in [0.25, 0.3) is 0 Å². The Morgan fingerprint density at radius 2 is 1.67 bits per heavy atom. The number of nitrogens with one attached hydrogen (secondary N) is 1. The lowest BCUT2D eigenvalue weighted by molar-refractivity contribution is -0.129. The second-order valence-corrected chi connectivity index (χ2v) is 14.3. The molecular weight excluding hydrogens is 625 g/mol. The lowest BCUT2D eigenvalue weighted by Gasteiger charge is -2.57. The molecule has 2 aromatic carbocycles. The van der Waals surface area contributed by atoms with Crippen LogP contribution in [0.4, 0.5) is 15.3 Å². The maximum absolute atomic E-state index is 14.0. The van der Waals surface area contributed by atoms with E-state index in [9.17, 15) is 14.4 Å². The van der Waals surface area contributed by atoms with Gasteiger partial charge in [-0.05, 0) is 99.8 Å². The number of carbonyl (C=O) groups excluding carboxylic acids is 3. The number of ether oxygens (including phenoxy) is 1. The molecule has 3 saturated heterocycles. The average Bonchev–Trinajstić information content (AvgIpc) is 3.23. The van der Waals surface area contributed by atoms with Crippen LogP contribution in [-0.4, -0.2) is 96.0 Å². The van der Waals surface area contributed by atoms with E-state index in [1.54, 1.807) is 23.1 Å². The molecule has 46 heavy (non-hydrogen) atoms. The third-order valence-corrected chi connectivity index (χ3v) is 11.6. The van der Waals surface area contributed by atoms with Crippen molar-refractivity contribution in [3.05, 3.63) is 63.6 Å². The highest BCUT2D eigenvalue weighted by atomic mass is 35.5. The van der Waals surface area contributed by atoms with Crippen molar-refractivity contribution >= 4 is 47.3 Å². The lowest BCUT2D eigenvalue weighted by Crippen LogP contribution is -2.69. The van der Waals surface area contributed by atoms with E-state index in [1.165, 1.54) is 12.8 Å². The third-order valence-electron chi connectivity index (χ3n) is 10.9. The number of amides is 3. The van der Waals surface area contributed by atoms with E-state index in [1.807, 2.05) is 23.1 Å². The molecule has 2 atom stereocenters. The van der Waals surface area contributed by atoms with Crippen LogP contribution in [0, 0.1) is 11.8 Å². The van der Waals surface area contributed by atoms with E-state index >= 15 is 0 Å². The monoisotopic (exact) mass is 669 g/mol. The van der Waals surface area contributed by atoms with Crippen molar-refractivity contribution in [2.45, 2.75) is 69.7 Å². The van der Waals surface area contributed by atoms with Gasteiger partial charge in [-0.2, -0.15) is 0 Å². The fraction of sp³-hybridized carbons (Fsp3) is 0.571. The molecule has 3 fully saturated rings. The number of carbonyl (C=O) groups is 3. The van der Waals surface area contributed by atoms with Crippen LogP contribution in [0.1, 0.15) is 56.1 Å². The number of hydrogen-bond acceptors (Lipinski definition) is 6. The Bertz CT molecular complexity index is 1410. The van der Waals surface area contributed by atoms with Crippen molar-refractivity contribution in [1.29, 1.82) is 0 Å². The second kappa shape index (κ2) is 14.5. The first-order chi connectivity index (χ1) is 22.3. The van der Waals surface area contributed by atoms with E-state index in [0.29, 0.717) is 47.8 Å². The SMILES string of the molecule is CN1CCC(C2CCN([C@]3(CC=O)C[C@H](N4CCc5ccccc5NC4=O)CCN3C(=O)OCc3ccc(Cl)c(Cl)c3)CC2)CC1. The number of halogens is 2. The Morgan fingerprint density at radius 3 is 2.39 bits per heavy atom. The van der Waals surface area contributed by atoms with Crippen LogP contribution in [0.2, 0.25) is 10.0 Å². The van der Waals surface area contributed by atoms with E-state index in [4.69, 9.17) is 27.9 Å². The minimum Gasteiger partial charge on any atom is -0.444 e. The number of nitrogens with zero attached hydrogens (tertiary/aromatic N) is 4. The van der Waals surface area contributed by atoms with Gasteiger partial charge in [-0.1, -0.05) is 47.5 Å². The molecule has 248 valence electrons. The zero-order chi connectivity index (χ0) is 32.3. The van der Waals surface area contributed by atoms with Crippen molar-refractivity contribution < 1.29 is 19.1 Å². The van der Waals surface area contributed by atoms with Gasteiger partial charge in [0.1, 0.15) is 18.6 Å². The maximum Gasteiger partial charge on any atom is 0.411 e. The summed E-state index contributed by atoms with van der Waals surface area (Å²) in [5.41, 5.74) is 1.79. The first-order valence-corrected chi connectivity index (χ1v) is 17.4. The van der Waals surface area contributed by atoms with E-state index in [-0.39, 0.29) is 25.1 Å². The predicted molar refractivity (Wildman–Crippen MR) is 180 cm³/mol. The minimum atomic E-state index is -0.892. The molecule has 0 aromatic heterocycles. The molecule has 0 saturated carbocycles. The number of aldehydes is 1. The first-order valence-electron chi connectivity index (χ1n) is 16.7. The summed E-state index contributed by atoms with van der Waals surface area (Å²) in [6.07, 6.45) is 6.96. The van der Waals surface area contributed by atoms with E-state index in [0.717, 1.165) is 68.5 Å². The van der Waals surface area contributed by atoms with Crippen molar-refractivity contribution in [1.82, 2.24) is 19.6 Å². The fourth-order valence-corrected chi connectivity index (χ4v) is 8.56. The number of benzene rings is 2.